The van der Waals surface area contributed by atoms with Gasteiger partial charge in [0.2, 0.25) is 0 Å². The van der Waals surface area contributed by atoms with Crippen LogP contribution in [0.15, 0.2) is 60.7 Å². The van der Waals surface area contributed by atoms with Crippen molar-refractivity contribution in [2.75, 3.05) is 26.7 Å². The summed E-state index contributed by atoms with van der Waals surface area (Å²) >= 11 is 0. The second-order valence-electron chi connectivity index (χ2n) is 6.35. The number of hydrogen-bond donors (Lipinski definition) is 1. The Kier molecular flexibility index (Phi) is 6.39. The molecule has 3 rings (SSSR count). The monoisotopic (exact) mass is 353 g/mol. The van der Waals surface area contributed by atoms with Crippen molar-refractivity contribution in [2.45, 2.75) is 12.8 Å². The lowest BCUT2D eigenvalue weighted by Gasteiger charge is -2.16. The highest BCUT2D eigenvalue weighted by Crippen LogP contribution is 2.18. The maximum absolute atomic E-state index is 13.0. The van der Waals surface area contributed by atoms with Gasteiger partial charge in [0.05, 0.1) is 5.69 Å². The van der Waals surface area contributed by atoms with E-state index in [0.717, 1.165) is 48.6 Å². The van der Waals surface area contributed by atoms with E-state index in [-0.39, 0.29) is 5.82 Å². The minimum Gasteiger partial charge on any atom is -0.492 e. The van der Waals surface area contributed by atoms with E-state index >= 15 is 0 Å². The Morgan fingerprint density at radius 2 is 1.81 bits per heavy atom. The number of aryl methyl sites for hydroxylation is 1. The molecule has 2 aromatic carbocycles. The number of para-hydroxylation sites is 1. The van der Waals surface area contributed by atoms with Crippen LogP contribution >= 0.6 is 0 Å². The molecule has 0 unspecified atom stereocenters. The highest BCUT2D eigenvalue weighted by atomic mass is 19.1. The molecule has 0 aliphatic heterocycles. The predicted molar refractivity (Wildman–Crippen MR) is 102 cm³/mol. The number of halogens is 1. The summed E-state index contributed by atoms with van der Waals surface area (Å²) in [5, 5.41) is 7.39. The summed E-state index contributed by atoms with van der Waals surface area (Å²) in [6.07, 6.45) is 1.96. The molecule has 0 atom stereocenters. The number of likely N-dealkylation sites (N-methyl/N-ethyl adjacent to an activating group) is 1. The van der Waals surface area contributed by atoms with Gasteiger partial charge in [0.15, 0.2) is 0 Å². The van der Waals surface area contributed by atoms with Gasteiger partial charge in [-0.3, -0.25) is 5.10 Å². The molecule has 1 aromatic heterocycles. The average molecular weight is 353 g/mol. The quantitative estimate of drug-likeness (QED) is 0.628. The molecule has 0 radical (unpaired) electrons. The van der Waals surface area contributed by atoms with Gasteiger partial charge >= 0.3 is 0 Å². The van der Waals surface area contributed by atoms with Crippen LogP contribution in [0.4, 0.5) is 4.39 Å². The SMILES string of the molecule is CN(CCCc1cc(-c2ccc(F)cc2)n[nH]1)CCOc1ccccc1. The van der Waals surface area contributed by atoms with Crippen LogP contribution in [0.5, 0.6) is 5.75 Å². The molecule has 5 heteroatoms. The van der Waals surface area contributed by atoms with Gasteiger partial charge in [-0.05, 0) is 68.9 Å². The lowest BCUT2D eigenvalue weighted by atomic mass is 10.1. The van der Waals surface area contributed by atoms with E-state index in [0.29, 0.717) is 6.61 Å². The van der Waals surface area contributed by atoms with Crippen LogP contribution in [0, 0.1) is 5.82 Å². The number of aromatic nitrogens is 2. The Labute approximate surface area is 153 Å². The lowest BCUT2D eigenvalue weighted by Crippen LogP contribution is -2.25. The van der Waals surface area contributed by atoms with E-state index in [4.69, 9.17) is 4.74 Å². The van der Waals surface area contributed by atoms with E-state index in [1.54, 1.807) is 12.1 Å². The van der Waals surface area contributed by atoms with Gasteiger partial charge in [0, 0.05) is 17.8 Å². The van der Waals surface area contributed by atoms with Crippen molar-refractivity contribution in [2.24, 2.45) is 0 Å². The standard InChI is InChI=1S/C21H24FN3O/c1-25(14-15-26-20-7-3-2-4-8-20)13-5-6-19-16-21(24-23-19)17-9-11-18(22)12-10-17/h2-4,7-12,16H,5-6,13-15H2,1H3,(H,23,24). The van der Waals surface area contributed by atoms with Crippen molar-refractivity contribution in [3.05, 3.63) is 72.2 Å². The molecule has 0 aliphatic carbocycles. The fourth-order valence-electron chi connectivity index (χ4n) is 2.75. The van der Waals surface area contributed by atoms with E-state index in [9.17, 15) is 4.39 Å². The van der Waals surface area contributed by atoms with E-state index < -0.39 is 0 Å². The summed E-state index contributed by atoms with van der Waals surface area (Å²) in [7, 11) is 2.10. The predicted octanol–water partition coefficient (Wildman–Crippen LogP) is 4.16. The molecule has 1 heterocycles. The van der Waals surface area contributed by atoms with Crippen LogP contribution in [0.3, 0.4) is 0 Å². The minimum absolute atomic E-state index is 0.233. The van der Waals surface area contributed by atoms with Crippen molar-refractivity contribution < 1.29 is 9.13 Å². The fraction of sp³-hybridized carbons (Fsp3) is 0.286. The van der Waals surface area contributed by atoms with Gasteiger partial charge in [-0.25, -0.2) is 4.39 Å². The number of H-pyrrole nitrogens is 1. The van der Waals surface area contributed by atoms with Gasteiger partial charge in [-0.2, -0.15) is 5.10 Å². The van der Waals surface area contributed by atoms with Gasteiger partial charge in [0.1, 0.15) is 18.2 Å². The van der Waals surface area contributed by atoms with E-state index in [2.05, 4.69) is 22.1 Å². The molecule has 136 valence electrons. The van der Waals surface area contributed by atoms with Crippen LogP contribution in [-0.4, -0.2) is 41.8 Å². The number of benzene rings is 2. The number of nitrogens with zero attached hydrogens (tertiary/aromatic N) is 2. The molecule has 3 aromatic rings. The Morgan fingerprint density at radius 1 is 1.04 bits per heavy atom. The zero-order chi connectivity index (χ0) is 18.2. The number of rotatable bonds is 9. The summed E-state index contributed by atoms with van der Waals surface area (Å²) in [6, 6.07) is 18.3. The van der Waals surface area contributed by atoms with Crippen molar-refractivity contribution in [1.82, 2.24) is 15.1 Å². The Morgan fingerprint density at radius 3 is 2.58 bits per heavy atom. The molecule has 1 N–H and O–H groups in total. The topological polar surface area (TPSA) is 41.2 Å². The summed E-state index contributed by atoms with van der Waals surface area (Å²) in [5.41, 5.74) is 2.87. The first-order valence-electron chi connectivity index (χ1n) is 8.87. The number of hydrogen-bond acceptors (Lipinski definition) is 3. The molecule has 0 fully saturated rings. The second-order valence-corrected chi connectivity index (χ2v) is 6.35. The molecule has 0 aliphatic rings. The molecule has 0 amide bonds. The Hall–Kier alpha value is -2.66. The van der Waals surface area contributed by atoms with Gasteiger partial charge in [0.25, 0.3) is 0 Å². The maximum atomic E-state index is 13.0. The molecule has 0 bridgehead atoms. The van der Waals surface area contributed by atoms with Crippen LogP contribution in [0.2, 0.25) is 0 Å². The molecule has 0 saturated heterocycles. The first kappa shape index (κ1) is 18.1. The molecular formula is C21H24FN3O. The summed E-state index contributed by atoms with van der Waals surface area (Å²) in [5.74, 6) is 0.676. The minimum atomic E-state index is -0.233. The van der Waals surface area contributed by atoms with Crippen molar-refractivity contribution in [3.8, 4) is 17.0 Å². The second kappa shape index (κ2) is 9.15. The zero-order valence-corrected chi connectivity index (χ0v) is 15.0. The third-order valence-electron chi connectivity index (χ3n) is 4.24. The maximum Gasteiger partial charge on any atom is 0.123 e. The highest BCUT2D eigenvalue weighted by molar-refractivity contribution is 5.58. The lowest BCUT2D eigenvalue weighted by molar-refractivity contribution is 0.236. The van der Waals surface area contributed by atoms with Crippen LogP contribution in [-0.2, 0) is 6.42 Å². The van der Waals surface area contributed by atoms with E-state index in [1.807, 2.05) is 36.4 Å². The summed E-state index contributed by atoms with van der Waals surface area (Å²) in [6.45, 7) is 2.56. The van der Waals surface area contributed by atoms with Crippen LogP contribution in [0.25, 0.3) is 11.3 Å². The summed E-state index contributed by atoms with van der Waals surface area (Å²) in [4.78, 5) is 2.26. The average Bonchev–Trinajstić information content (AvgIpc) is 3.12. The third kappa shape index (κ3) is 5.43. The first-order chi connectivity index (χ1) is 12.7. The normalized spacial score (nSPS) is 11.0. The van der Waals surface area contributed by atoms with Gasteiger partial charge in [-0.1, -0.05) is 18.2 Å². The number of ether oxygens (including phenoxy) is 1. The van der Waals surface area contributed by atoms with E-state index in [1.165, 1.54) is 12.1 Å². The summed E-state index contributed by atoms with van der Waals surface area (Å²) < 4.78 is 18.7. The third-order valence-corrected chi connectivity index (χ3v) is 4.24. The molecular weight excluding hydrogens is 329 g/mol. The molecule has 4 nitrogen and oxygen atoms in total. The number of nitrogens with one attached hydrogen (secondary N) is 1. The first-order valence-corrected chi connectivity index (χ1v) is 8.87. The Bertz CT molecular complexity index is 787. The van der Waals surface area contributed by atoms with Crippen LogP contribution in [0.1, 0.15) is 12.1 Å². The largest absolute Gasteiger partial charge is 0.492 e. The highest BCUT2D eigenvalue weighted by Gasteiger charge is 2.05. The van der Waals surface area contributed by atoms with Gasteiger partial charge in [-0.15, -0.1) is 0 Å². The van der Waals surface area contributed by atoms with Crippen molar-refractivity contribution in [1.29, 1.82) is 0 Å². The smallest absolute Gasteiger partial charge is 0.123 e. The molecule has 0 saturated carbocycles. The zero-order valence-electron chi connectivity index (χ0n) is 15.0. The number of aromatic amines is 1. The van der Waals surface area contributed by atoms with Gasteiger partial charge < -0.3 is 9.64 Å². The van der Waals surface area contributed by atoms with Crippen molar-refractivity contribution in [3.63, 3.8) is 0 Å². The Balaban J connectivity index is 1.37. The molecule has 26 heavy (non-hydrogen) atoms. The molecule has 0 spiro atoms. The van der Waals surface area contributed by atoms with Crippen LogP contribution < -0.4 is 4.74 Å². The van der Waals surface area contributed by atoms with Crippen molar-refractivity contribution >= 4 is 0 Å². The fourth-order valence-corrected chi connectivity index (χ4v) is 2.75.